The number of thiophene rings is 1. The maximum Gasteiger partial charge on any atom is 0.416 e. The van der Waals surface area contributed by atoms with Crippen LogP contribution in [0.1, 0.15) is 16.7 Å². The highest BCUT2D eigenvalue weighted by Gasteiger charge is 2.30. The minimum atomic E-state index is -4.40. The normalized spacial score (nSPS) is 11.5. The Hall–Kier alpha value is -1.73. The van der Waals surface area contributed by atoms with E-state index >= 15 is 0 Å². The number of carbonyl (C=O) groups is 1. The summed E-state index contributed by atoms with van der Waals surface area (Å²) in [6.45, 7) is 1.54. The van der Waals surface area contributed by atoms with Gasteiger partial charge >= 0.3 is 12.1 Å². The van der Waals surface area contributed by atoms with E-state index in [0.717, 1.165) is 12.1 Å². The SMILES string of the molecule is Cc1cc(C(F)(F)F)ccc1Nc1c(CC(=O)O)csc1Cl. The lowest BCUT2D eigenvalue weighted by molar-refractivity contribution is -0.138. The first-order valence-corrected chi connectivity index (χ1v) is 7.36. The quantitative estimate of drug-likeness (QED) is 0.807. The fraction of sp³-hybridized carbons (Fsp3) is 0.214. The van der Waals surface area contributed by atoms with E-state index in [1.165, 1.54) is 24.3 Å². The first kappa shape index (κ1) is 16.6. The van der Waals surface area contributed by atoms with Gasteiger partial charge in [-0.25, -0.2) is 0 Å². The summed E-state index contributed by atoms with van der Waals surface area (Å²) < 4.78 is 38.3. The summed E-state index contributed by atoms with van der Waals surface area (Å²) in [5, 5.41) is 13.4. The summed E-state index contributed by atoms with van der Waals surface area (Å²) in [5.41, 5.74) is 0.995. The molecule has 0 fully saturated rings. The van der Waals surface area contributed by atoms with Gasteiger partial charge in [-0.2, -0.15) is 13.2 Å². The Kier molecular flexibility index (Phi) is 4.67. The van der Waals surface area contributed by atoms with Gasteiger partial charge in [-0.3, -0.25) is 4.79 Å². The van der Waals surface area contributed by atoms with Crippen molar-refractivity contribution in [3.05, 3.63) is 44.6 Å². The summed E-state index contributed by atoms with van der Waals surface area (Å²) >= 11 is 7.18. The van der Waals surface area contributed by atoms with Crippen LogP contribution in [0.3, 0.4) is 0 Å². The van der Waals surface area contributed by atoms with Crippen molar-refractivity contribution in [1.82, 2.24) is 0 Å². The van der Waals surface area contributed by atoms with Crippen LogP contribution in [0.2, 0.25) is 4.34 Å². The van der Waals surface area contributed by atoms with Crippen LogP contribution >= 0.6 is 22.9 Å². The van der Waals surface area contributed by atoms with Gasteiger partial charge in [0.1, 0.15) is 4.34 Å². The number of anilines is 2. The molecular weight excluding hydrogens is 339 g/mol. The van der Waals surface area contributed by atoms with Crippen molar-refractivity contribution in [2.24, 2.45) is 0 Å². The fourth-order valence-corrected chi connectivity index (χ4v) is 2.95. The maximum atomic E-state index is 12.6. The lowest BCUT2D eigenvalue weighted by Gasteiger charge is -2.13. The highest BCUT2D eigenvalue weighted by Crippen LogP contribution is 2.37. The molecule has 8 heteroatoms. The maximum absolute atomic E-state index is 12.6. The zero-order chi connectivity index (χ0) is 16.5. The number of hydrogen-bond donors (Lipinski definition) is 2. The number of halogens is 4. The summed E-state index contributed by atoms with van der Waals surface area (Å²) in [4.78, 5) is 10.8. The molecule has 118 valence electrons. The van der Waals surface area contributed by atoms with Crippen LogP contribution in [0.4, 0.5) is 24.5 Å². The predicted molar refractivity (Wildman–Crippen MR) is 80.1 cm³/mol. The molecule has 0 saturated carbocycles. The second-order valence-electron chi connectivity index (χ2n) is 4.63. The van der Waals surface area contributed by atoms with Crippen LogP contribution in [0, 0.1) is 6.92 Å². The number of carboxylic acid groups (broad SMARTS) is 1. The third kappa shape index (κ3) is 3.72. The largest absolute Gasteiger partial charge is 0.481 e. The van der Waals surface area contributed by atoms with Crippen molar-refractivity contribution in [3.8, 4) is 0 Å². The van der Waals surface area contributed by atoms with Crippen molar-refractivity contribution < 1.29 is 23.1 Å². The molecule has 0 saturated heterocycles. The molecule has 0 radical (unpaired) electrons. The van der Waals surface area contributed by atoms with Gasteiger partial charge in [-0.05, 0) is 41.6 Å². The Balaban J connectivity index is 2.32. The van der Waals surface area contributed by atoms with E-state index < -0.39 is 17.7 Å². The molecule has 2 rings (SSSR count). The van der Waals surface area contributed by atoms with Crippen molar-refractivity contribution in [2.75, 3.05) is 5.32 Å². The molecule has 0 aliphatic rings. The number of nitrogens with one attached hydrogen (secondary N) is 1. The third-order valence-electron chi connectivity index (χ3n) is 2.98. The smallest absolute Gasteiger partial charge is 0.416 e. The predicted octanol–water partition coefficient (Wildman–Crippen LogP) is 5.10. The molecule has 0 aliphatic carbocycles. The van der Waals surface area contributed by atoms with E-state index in [1.807, 2.05) is 0 Å². The van der Waals surface area contributed by atoms with E-state index in [9.17, 15) is 18.0 Å². The number of aryl methyl sites for hydroxylation is 1. The molecule has 1 heterocycles. The Morgan fingerprint density at radius 3 is 2.64 bits per heavy atom. The molecule has 0 amide bonds. The van der Waals surface area contributed by atoms with Crippen molar-refractivity contribution in [1.29, 1.82) is 0 Å². The minimum Gasteiger partial charge on any atom is -0.481 e. The number of alkyl halides is 3. The van der Waals surface area contributed by atoms with Gasteiger partial charge in [0.15, 0.2) is 0 Å². The molecule has 3 nitrogen and oxygen atoms in total. The first-order chi connectivity index (χ1) is 10.2. The summed E-state index contributed by atoms with van der Waals surface area (Å²) in [6, 6.07) is 3.29. The van der Waals surface area contributed by atoms with Crippen LogP contribution < -0.4 is 5.32 Å². The number of carboxylic acids is 1. The average Bonchev–Trinajstić information content (AvgIpc) is 2.71. The average molecular weight is 350 g/mol. The molecule has 0 aliphatic heterocycles. The Morgan fingerprint density at radius 2 is 2.09 bits per heavy atom. The van der Waals surface area contributed by atoms with Crippen LogP contribution in [0.15, 0.2) is 23.6 Å². The molecule has 0 unspecified atom stereocenters. The van der Waals surface area contributed by atoms with Gasteiger partial charge in [-0.1, -0.05) is 11.6 Å². The molecule has 22 heavy (non-hydrogen) atoms. The van der Waals surface area contributed by atoms with E-state index in [-0.39, 0.29) is 6.42 Å². The molecule has 2 N–H and O–H groups in total. The molecule has 0 spiro atoms. The molecule has 0 atom stereocenters. The third-order valence-corrected chi connectivity index (χ3v) is 4.25. The number of rotatable bonds is 4. The first-order valence-electron chi connectivity index (χ1n) is 6.11. The summed E-state index contributed by atoms with van der Waals surface area (Å²) in [7, 11) is 0. The van der Waals surface area contributed by atoms with E-state index in [0.29, 0.717) is 26.8 Å². The van der Waals surface area contributed by atoms with Gasteiger partial charge in [0.2, 0.25) is 0 Å². The number of benzene rings is 1. The molecular formula is C14H11ClF3NO2S. The lowest BCUT2D eigenvalue weighted by Crippen LogP contribution is -2.06. The van der Waals surface area contributed by atoms with Crippen molar-refractivity contribution in [2.45, 2.75) is 19.5 Å². The highest BCUT2D eigenvalue weighted by atomic mass is 35.5. The van der Waals surface area contributed by atoms with Crippen molar-refractivity contribution in [3.63, 3.8) is 0 Å². The van der Waals surface area contributed by atoms with E-state index in [2.05, 4.69) is 5.32 Å². The Bertz CT molecular complexity index is 713. The second-order valence-corrected chi connectivity index (χ2v) is 6.11. The molecule has 1 aromatic heterocycles. The number of aliphatic carboxylic acids is 1. The minimum absolute atomic E-state index is 0.217. The van der Waals surface area contributed by atoms with Crippen molar-refractivity contribution >= 4 is 40.3 Å². The lowest BCUT2D eigenvalue weighted by atomic mass is 10.1. The molecule has 2 aromatic rings. The van der Waals surface area contributed by atoms with Crippen LogP contribution in [-0.2, 0) is 17.4 Å². The number of hydrogen-bond acceptors (Lipinski definition) is 3. The van der Waals surface area contributed by atoms with Gasteiger partial charge in [-0.15, -0.1) is 11.3 Å². The Labute approximate surface area is 133 Å². The van der Waals surface area contributed by atoms with Crippen LogP contribution in [0.25, 0.3) is 0 Å². The summed E-state index contributed by atoms with van der Waals surface area (Å²) in [6.07, 6.45) is -4.62. The second kappa shape index (κ2) is 6.18. The highest BCUT2D eigenvalue weighted by molar-refractivity contribution is 7.15. The van der Waals surface area contributed by atoms with E-state index in [1.54, 1.807) is 5.38 Å². The van der Waals surface area contributed by atoms with Gasteiger partial charge < -0.3 is 10.4 Å². The van der Waals surface area contributed by atoms with E-state index in [4.69, 9.17) is 16.7 Å². The van der Waals surface area contributed by atoms with Gasteiger partial charge in [0.05, 0.1) is 17.7 Å². The Morgan fingerprint density at radius 1 is 1.41 bits per heavy atom. The molecule has 1 aromatic carbocycles. The van der Waals surface area contributed by atoms with Gasteiger partial charge in [0.25, 0.3) is 0 Å². The van der Waals surface area contributed by atoms with Gasteiger partial charge in [0, 0.05) is 5.69 Å². The molecule has 0 bridgehead atoms. The fourth-order valence-electron chi connectivity index (χ4n) is 1.90. The zero-order valence-electron chi connectivity index (χ0n) is 11.3. The monoisotopic (exact) mass is 349 g/mol. The van der Waals surface area contributed by atoms with Crippen LogP contribution in [-0.4, -0.2) is 11.1 Å². The zero-order valence-corrected chi connectivity index (χ0v) is 12.9. The standard InChI is InChI=1S/C14H11ClF3NO2S/c1-7-4-9(14(16,17)18)2-3-10(7)19-12-8(5-11(20)21)6-22-13(12)15/h2-4,6,19H,5H2,1H3,(H,20,21). The summed E-state index contributed by atoms with van der Waals surface area (Å²) in [5.74, 6) is -1.01. The van der Waals surface area contributed by atoms with Crippen LogP contribution in [0.5, 0.6) is 0 Å². The topological polar surface area (TPSA) is 49.3 Å².